The first-order valence-electron chi connectivity index (χ1n) is 6.72. The van der Waals surface area contributed by atoms with E-state index in [4.69, 9.17) is 10.8 Å². The number of aliphatic carboxylic acids is 1. The third-order valence-electron chi connectivity index (χ3n) is 3.46. The average Bonchev–Trinajstić information content (AvgIpc) is 2.36. The molecule has 0 aliphatic heterocycles. The Morgan fingerprint density at radius 1 is 1.37 bits per heavy atom. The summed E-state index contributed by atoms with van der Waals surface area (Å²) in [6, 6.07) is 8.03. The van der Waals surface area contributed by atoms with Crippen LogP contribution in [0.2, 0.25) is 0 Å². The number of anilines is 1. The van der Waals surface area contributed by atoms with Crippen LogP contribution in [0.4, 0.5) is 5.69 Å². The van der Waals surface area contributed by atoms with Crippen LogP contribution in [-0.4, -0.2) is 30.7 Å². The van der Waals surface area contributed by atoms with Crippen molar-refractivity contribution < 1.29 is 9.90 Å². The molecule has 4 heteroatoms. The molecule has 0 aliphatic rings. The lowest BCUT2D eigenvalue weighted by atomic mass is 9.98. The van der Waals surface area contributed by atoms with Gasteiger partial charge in [-0.1, -0.05) is 26.0 Å². The minimum atomic E-state index is -0.854. The summed E-state index contributed by atoms with van der Waals surface area (Å²) >= 11 is 0. The molecule has 1 rings (SSSR count). The van der Waals surface area contributed by atoms with Crippen molar-refractivity contribution in [2.45, 2.75) is 38.6 Å². The Hall–Kier alpha value is -1.55. The number of nitrogens with two attached hydrogens (primary N) is 1. The van der Waals surface area contributed by atoms with Gasteiger partial charge in [0.15, 0.2) is 0 Å². The highest BCUT2D eigenvalue weighted by Crippen LogP contribution is 2.22. The van der Waals surface area contributed by atoms with E-state index < -0.39 is 5.97 Å². The van der Waals surface area contributed by atoms with E-state index in [1.165, 1.54) is 5.56 Å². The van der Waals surface area contributed by atoms with Gasteiger partial charge in [0.05, 0.1) is 6.42 Å². The zero-order valence-electron chi connectivity index (χ0n) is 12.0. The lowest BCUT2D eigenvalue weighted by Crippen LogP contribution is -2.36. The van der Waals surface area contributed by atoms with E-state index in [0.717, 1.165) is 12.1 Å². The first-order valence-corrected chi connectivity index (χ1v) is 6.72. The highest BCUT2D eigenvalue weighted by molar-refractivity contribution is 5.67. The quantitative estimate of drug-likeness (QED) is 0.794. The second-order valence-corrected chi connectivity index (χ2v) is 5.14. The molecule has 1 aromatic rings. The molecule has 0 bridgehead atoms. The zero-order valence-corrected chi connectivity index (χ0v) is 12.0. The van der Waals surface area contributed by atoms with Gasteiger partial charge in [-0.15, -0.1) is 0 Å². The van der Waals surface area contributed by atoms with Gasteiger partial charge in [-0.25, -0.2) is 0 Å². The predicted octanol–water partition coefficient (Wildman–Crippen LogP) is 2.44. The number of hydrogen-bond donors (Lipinski definition) is 2. The molecule has 0 saturated heterocycles. The first-order chi connectivity index (χ1) is 8.93. The van der Waals surface area contributed by atoms with Gasteiger partial charge in [-0.3, -0.25) is 4.79 Å². The molecule has 0 aromatic heterocycles. The molecule has 0 aliphatic carbocycles. The highest BCUT2D eigenvalue weighted by Gasteiger charge is 2.11. The van der Waals surface area contributed by atoms with Gasteiger partial charge >= 0.3 is 5.97 Å². The highest BCUT2D eigenvalue weighted by atomic mass is 16.4. The van der Waals surface area contributed by atoms with Crippen molar-refractivity contribution in [1.29, 1.82) is 0 Å². The summed E-state index contributed by atoms with van der Waals surface area (Å²) in [5, 5.41) is 8.69. The second kappa shape index (κ2) is 7.14. The van der Waals surface area contributed by atoms with E-state index in [1.54, 1.807) is 0 Å². The molecule has 0 saturated carbocycles. The maximum Gasteiger partial charge on any atom is 0.304 e. The van der Waals surface area contributed by atoms with Crippen molar-refractivity contribution in [3.8, 4) is 0 Å². The molecular formula is C15H24N2O2. The second-order valence-electron chi connectivity index (χ2n) is 5.14. The van der Waals surface area contributed by atoms with Crippen LogP contribution in [0.15, 0.2) is 24.3 Å². The maximum absolute atomic E-state index is 10.6. The normalized spacial score (nSPS) is 13.9. The number of nitrogens with zero attached hydrogens (tertiary/aromatic N) is 1. The Morgan fingerprint density at radius 2 is 1.95 bits per heavy atom. The van der Waals surface area contributed by atoms with Crippen molar-refractivity contribution in [2.24, 2.45) is 5.73 Å². The molecule has 3 N–H and O–H groups in total. The fraction of sp³-hybridized carbons (Fsp3) is 0.533. The molecule has 0 fully saturated rings. The van der Waals surface area contributed by atoms with Crippen molar-refractivity contribution >= 4 is 11.7 Å². The van der Waals surface area contributed by atoms with Crippen LogP contribution in [-0.2, 0) is 4.79 Å². The predicted molar refractivity (Wildman–Crippen MR) is 78.6 cm³/mol. The monoisotopic (exact) mass is 264 g/mol. The van der Waals surface area contributed by atoms with Crippen LogP contribution < -0.4 is 10.6 Å². The van der Waals surface area contributed by atoms with Crippen LogP contribution >= 0.6 is 0 Å². The smallest absolute Gasteiger partial charge is 0.304 e. The van der Waals surface area contributed by atoms with E-state index >= 15 is 0 Å². The number of benzene rings is 1. The number of carbonyl (C=O) groups is 1. The van der Waals surface area contributed by atoms with Crippen LogP contribution in [0.5, 0.6) is 0 Å². The molecule has 1 aromatic carbocycles. The van der Waals surface area contributed by atoms with Crippen LogP contribution in [0.25, 0.3) is 0 Å². The molecule has 0 amide bonds. The summed E-state index contributed by atoms with van der Waals surface area (Å²) in [4.78, 5) is 12.6. The van der Waals surface area contributed by atoms with Gasteiger partial charge in [-0.05, 0) is 30.0 Å². The number of rotatable bonds is 7. The minimum Gasteiger partial charge on any atom is -0.481 e. The average molecular weight is 264 g/mol. The Labute approximate surface area is 115 Å². The molecule has 0 spiro atoms. The van der Waals surface area contributed by atoms with Crippen molar-refractivity contribution in [1.82, 2.24) is 0 Å². The number of carboxylic acid groups (broad SMARTS) is 1. The van der Waals surface area contributed by atoms with Gasteiger partial charge in [0, 0.05) is 25.3 Å². The summed E-state index contributed by atoms with van der Waals surface area (Å²) in [6.45, 7) is 4.92. The Morgan fingerprint density at radius 3 is 2.42 bits per heavy atom. The van der Waals surface area contributed by atoms with E-state index in [-0.39, 0.29) is 12.5 Å². The van der Waals surface area contributed by atoms with Crippen molar-refractivity contribution in [3.63, 3.8) is 0 Å². The van der Waals surface area contributed by atoms with Crippen LogP contribution in [0, 0.1) is 0 Å². The largest absolute Gasteiger partial charge is 0.481 e. The Balaban J connectivity index is 2.62. The molecular weight excluding hydrogens is 240 g/mol. The Kier molecular flexibility index (Phi) is 5.83. The molecule has 0 radical (unpaired) electrons. The number of carboxylic acids is 1. The third kappa shape index (κ3) is 4.91. The van der Waals surface area contributed by atoms with Gasteiger partial charge in [0.25, 0.3) is 0 Å². The SMILES string of the molecule is CCC(C)c1ccc(N(C)CC(N)CC(=O)O)cc1. The summed E-state index contributed by atoms with van der Waals surface area (Å²) in [5.41, 5.74) is 8.18. The van der Waals surface area contributed by atoms with Gasteiger partial charge in [0.1, 0.15) is 0 Å². The summed E-state index contributed by atoms with van der Waals surface area (Å²) in [6.07, 6.45) is 1.12. The van der Waals surface area contributed by atoms with Crippen LogP contribution in [0.3, 0.4) is 0 Å². The van der Waals surface area contributed by atoms with E-state index in [2.05, 4.69) is 38.1 Å². The molecule has 0 heterocycles. The first kappa shape index (κ1) is 15.5. The number of hydrogen-bond acceptors (Lipinski definition) is 3. The fourth-order valence-electron chi connectivity index (χ4n) is 2.04. The van der Waals surface area contributed by atoms with Crippen molar-refractivity contribution in [2.75, 3.05) is 18.5 Å². The topological polar surface area (TPSA) is 66.6 Å². The zero-order chi connectivity index (χ0) is 14.4. The van der Waals surface area contributed by atoms with Gasteiger partial charge in [0.2, 0.25) is 0 Å². The summed E-state index contributed by atoms with van der Waals surface area (Å²) < 4.78 is 0. The lowest BCUT2D eigenvalue weighted by Gasteiger charge is -2.23. The maximum atomic E-state index is 10.6. The van der Waals surface area contributed by atoms with Gasteiger partial charge < -0.3 is 15.7 Å². The Bertz CT molecular complexity index is 403. The lowest BCUT2D eigenvalue weighted by molar-refractivity contribution is -0.137. The minimum absolute atomic E-state index is 0.00467. The van der Waals surface area contributed by atoms with E-state index in [9.17, 15) is 4.79 Å². The van der Waals surface area contributed by atoms with Crippen molar-refractivity contribution in [3.05, 3.63) is 29.8 Å². The molecule has 19 heavy (non-hydrogen) atoms. The molecule has 2 unspecified atom stereocenters. The molecule has 106 valence electrons. The standard InChI is InChI=1S/C15H24N2O2/c1-4-11(2)12-5-7-14(8-6-12)17(3)10-13(16)9-15(18)19/h5-8,11,13H,4,9-10,16H2,1-3H3,(H,18,19). The van der Waals surface area contributed by atoms with E-state index in [0.29, 0.717) is 12.5 Å². The fourth-order valence-corrected chi connectivity index (χ4v) is 2.04. The van der Waals surface area contributed by atoms with E-state index in [1.807, 2.05) is 11.9 Å². The summed E-state index contributed by atoms with van der Waals surface area (Å²) in [5.74, 6) is -0.290. The molecule has 4 nitrogen and oxygen atoms in total. The molecule has 2 atom stereocenters. The van der Waals surface area contributed by atoms with Gasteiger partial charge in [-0.2, -0.15) is 0 Å². The number of likely N-dealkylation sites (N-methyl/N-ethyl adjacent to an activating group) is 1. The third-order valence-corrected chi connectivity index (χ3v) is 3.46. The summed E-state index contributed by atoms with van der Waals surface area (Å²) in [7, 11) is 1.93. The van der Waals surface area contributed by atoms with Crippen LogP contribution in [0.1, 0.15) is 38.2 Å².